The van der Waals surface area contributed by atoms with E-state index in [0.29, 0.717) is 41.0 Å². The molecule has 31 heavy (non-hydrogen) atoms. The fourth-order valence-electron chi connectivity index (χ4n) is 2.84. The number of ether oxygens (including phenoxy) is 2. The molecule has 0 aromatic heterocycles. The number of hydrogen-bond donors (Lipinski definition) is 1. The van der Waals surface area contributed by atoms with E-state index in [9.17, 15) is 14.4 Å². The molecule has 3 amide bonds. The van der Waals surface area contributed by atoms with Gasteiger partial charge in [-0.15, -0.1) is 0 Å². The van der Waals surface area contributed by atoms with Crippen molar-refractivity contribution in [1.82, 2.24) is 4.90 Å². The number of carbonyl (C=O) groups excluding carboxylic acids is 3. The first-order valence-corrected chi connectivity index (χ1v) is 10.8. The lowest BCUT2D eigenvalue weighted by atomic mass is 10.1. The minimum Gasteiger partial charge on any atom is -0.494 e. The Balaban J connectivity index is 1.76. The van der Waals surface area contributed by atoms with Gasteiger partial charge in [0, 0.05) is 11.6 Å². The Morgan fingerprint density at radius 1 is 1.13 bits per heavy atom. The van der Waals surface area contributed by atoms with Gasteiger partial charge < -0.3 is 14.8 Å². The summed E-state index contributed by atoms with van der Waals surface area (Å²) in [7, 11) is 0. The summed E-state index contributed by atoms with van der Waals surface area (Å²) in [5.41, 5.74) is 1.05. The van der Waals surface area contributed by atoms with E-state index in [2.05, 4.69) is 5.32 Å². The molecule has 0 spiro atoms. The van der Waals surface area contributed by atoms with Crippen LogP contribution in [0.3, 0.4) is 0 Å². The van der Waals surface area contributed by atoms with Gasteiger partial charge in [0.1, 0.15) is 18.0 Å². The molecule has 1 aliphatic heterocycles. The zero-order valence-corrected chi connectivity index (χ0v) is 18.6. The number of anilines is 1. The molecule has 9 heteroatoms. The third kappa shape index (κ3) is 5.59. The van der Waals surface area contributed by atoms with Crippen molar-refractivity contribution >= 4 is 52.2 Å². The van der Waals surface area contributed by atoms with Crippen molar-refractivity contribution < 1.29 is 23.9 Å². The molecule has 1 N–H and O–H groups in total. The van der Waals surface area contributed by atoms with Gasteiger partial charge in [-0.3, -0.25) is 19.3 Å². The maximum atomic E-state index is 12.8. The van der Waals surface area contributed by atoms with Crippen LogP contribution in [0.5, 0.6) is 11.5 Å². The van der Waals surface area contributed by atoms with Crippen LogP contribution in [0.15, 0.2) is 47.4 Å². The summed E-state index contributed by atoms with van der Waals surface area (Å²) >= 11 is 6.81. The molecule has 1 heterocycles. The van der Waals surface area contributed by atoms with Crippen LogP contribution in [0, 0.1) is 0 Å². The summed E-state index contributed by atoms with van der Waals surface area (Å²) in [6.45, 7) is 4.27. The molecule has 0 unspecified atom stereocenters. The van der Waals surface area contributed by atoms with Crippen LogP contribution in [0.1, 0.15) is 19.4 Å². The summed E-state index contributed by atoms with van der Waals surface area (Å²) < 4.78 is 11.1. The second kappa shape index (κ2) is 10.4. The summed E-state index contributed by atoms with van der Waals surface area (Å²) in [4.78, 5) is 38.6. The van der Waals surface area contributed by atoms with E-state index in [1.807, 2.05) is 13.8 Å². The molecule has 0 bridgehead atoms. The first kappa shape index (κ1) is 22.7. The number of nitrogens with one attached hydrogen (secondary N) is 1. The van der Waals surface area contributed by atoms with Crippen molar-refractivity contribution in [3.05, 3.63) is 58.0 Å². The van der Waals surface area contributed by atoms with Crippen molar-refractivity contribution in [2.75, 3.05) is 25.1 Å². The van der Waals surface area contributed by atoms with Gasteiger partial charge in [0.15, 0.2) is 0 Å². The molecule has 0 aliphatic carbocycles. The highest BCUT2D eigenvalue weighted by Gasteiger charge is 2.36. The van der Waals surface area contributed by atoms with Crippen LogP contribution in [-0.4, -0.2) is 41.7 Å². The Hall–Kier alpha value is -2.97. The van der Waals surface area contributed by atoms with E-state index in [1.54, 1.807) is 48.5 Å². The number of carbonyl (C=O) groups is 3. The lowest BCUT2D eigenvalue weighted by Crippen LogP contribution is -2.36. The summed E-state index contributed by atoms with van der Waals surface area (Å²) in [6, 6.07) is 12.0. The molecule has 7 nitrogen and oxygen atoms in total. The van der Waals surface area contributed by atoms with Crippen molar-refractivity contribution in [2.24, 2.45) is 0 Å². The number of amides is 3. The lowest BCUT2D eigenvalue weighted by molar-refractivity contribution is -0.127. The minimum absolute atomic E-state index is 0.209. The molecule has 3 rings (SSSR count). The molecule has 1 aliphatic rings. The highest BCUT2D eigenvalue weighted by atomic mass is 35.5. The van der Waals surface area contributed by atoms with Crippen molar-refractivity contribution in [3.8, 4) is 11.5 Å². The van der Waals surface area contributed by atoms with Gasteiger partial charge >= 0.3 is 0 Å². The smallest absolute Gasteiger partial charge is 0.294 e. The molecule has 0 saturated carbocycles. The summed E-state index contributed by atoms with van der Waals surface area (Å²) in [5.74, 6) is 0.123. The second-order valence-electron chi connectivity index (χ2n) is 6.36. The number of hydrogen-bond acceptors (Lipinski definition) is 6. The summed E-state index contributed by atoms with van der Waals surface area (Å²) in [6.07, 6.45) is 1.58. The van der Waals surface area contributed by atoms with Crippen LogP contribution < -0.4 is 14.8 Å². The number of para-hydroxylation sites is 1. The number of halogens is 1. The summed E-state index contributed by atoms with van der Waals surface area (Å²) in [5, 5.41) is 2.45. The van der Waals surface area contributed by atoms with E-state index in [1.165, 1.54) is 0 Å². The number of imide groups is 1. The first-order chi connectivity index (χ1) is 14.9. The average molecular weight is 461 g/mol. The predicted octanol–water partition coefficient (Wildman–Crippen LogP) is 4.81. The fraction of sp³-hybridized carbons (Fsp3) is 0.227. The molecule has 0 atom stereocenters. The first-order valence-electron chi connectivity index (χ1n) is 9.62. The maximum Gasteiger partial charge on any atom is 0.294 e. The Bertz CT molecular complexity index is 1040. The van der Waals surface area contributed by atoms with E-state index in [0.717, 1.165) is 16.7 Å². The quantitative estimate of drug-likeness (QED) is 0.569. The van der Waals surface area contributed by atoms with Crippen LogP contribution in [-0.2, 0) is 9.59 Å². The van der Waals surface area contributed by atoms with Crippen LogP contribution in [0.4, 0.5) is 10.5 Å². The van der Waals surface area contributed by atoms with E-state index >= 15 is 0 Å². The molecule has 1 saturated heterocycles. The van der Waals surface area contributed by atoms with Crippen molar-refractivity contribution in [2.45, 2.75) is 13.8 Å². The number of nitrogens with zero attached hydrogens (tertiary/aromatic N) is 1. The molecule has 2 aromatic rings. The second-order valence-corrected chi connectivity index (χ2v) is 7.76. The molecule has 0 radical (unpaired) electrons. The van der Waals surface area contributed by atoms with Gasteiger partial charge in [-0.25, -0.2) is 0 Å². The zero-order chi connectivity index (χ0) is 22.4. The van der Waals surface area contributed by atoms with Gasteiger partial charge in [-0.05, 0) is 56.0 Å². The van der Waals surface area contributed by atoms with Gasteiger partial charge in [0.2, 0.25) is 5.91 Å². The van der Waals surface area contributed by atoms with Crippen LogP contribution in [0.25, 0.3) is 6.08 Å². The van der Waals surface area contributed by atoms with Gasteiger partial charge in [0.05, 0.1) is 28.8 Å². The SMILES string of the molecule is CCOc1ccc(/C=C2/SC(=O)N(CC(=O)Nc3ccccc3Cl)C2=O)c(OCC)c1. The Labute approximate surface area is 189 Å². The highest BCUT2D eigenvalue weighted by Crippen LogP contribution is 2.35. The lowest BCUT2D eigenvalue weighted by Gasteiger charge is -2.13. The van der Waals surface area contributed by atoms with Gasteiger partial charge in [0.25, 0.3) is 11.1 Å². The number of benzene rings is 2. The standard InChI is InChI=1S/C22H21ClN2O5S/c1-3-29-15-10-9-14(18(12-15)30-4-2)11-19-21(27)25(22(28)31-19)13-20(26)24-17-8-6-5-7-16(17)23/h5-12H,3-4,13H2,1-2H3,(H,24,26)/b19-11+. The third-order valence-electron chi connectivity index (χ3n) is 4.21. The molecular weight excluding hydrogens is 440 g/mol. The molecular formula is C22H21ClN2O5S. The van der Waals surface area contributed by atoms with Crippen LogP contribution in [0.2, 0.25) is 5.02 Å². The largest absolute Gasteiger partial charge is 0.494 e. The normalized spacial score (nSPS) is 14.8. The van der Waals surface area contributed by atoms with Gasteiger partial charge in [-0.1, -0.05) is 23.7 Å². The Morgan fingerprint density at radius 2 is 1.87 bits per heavy atom. The number of thioether (sulfide) groups is 1. The van der Waals surface area contributed by atoms with Gasteiger partial charge in [-0.2, -0.15) is 0 Å². The number of rotatable bonds is 8. The molecule has 2 aromatic carbocycles. The van der Waals surface area contributed by atoms with E-state index < -0.39 is 23.6 Å². The molecule has 1 fully saturated rings. The van der Waals surface area contributed by atoms with Crippen molar-refractivity contribution in [3.63, 3.8) is 0 Å². The van der Waals surface area contributed by atoms with Crippen LogP contribution >= 0.6 is 23.4 Å². The topological polar surface area (TPSA) is 84.9 Å². The van der Waals surface area contributed by atoms with E-state index in [-0.39, 0.29) is 4.91 Å². The maximum absolute atomic E-state index is 12.8. The van der Waals surface area contributed by atoms with E-state index in [4.69, 9.17) is 21.1 Å². The predicted molar refractivity (Wildman–Crippen MR) is 122 cm³/mol. The third-order valence-corrected chi connectivity index (χ3v) is 5.44. The molecule has 162 valence electrons. The average Bonchev–Trinajstić information content (AvgIpc) is 2.99. The highest BCUT2D eigenvalue weighted by molar-refractivity contribution is 8.18. The monoisotopic (exact) mass is 460 g/mol. The Kier molecular flexibility index (Phi) is 7.59. The van der Waals surface area contributed by atoms with Crippen molar-refractivity contribution in [1.29, 1.82) is 0 Å². The Morgan fingerprint density at radius 3 is 2.58 bits per heavy atom. The zero-order valence-electron chi connectivity index (χ0n) is 17.0. The minimum atomic E-state index is -0.541. The fourth-order valence-corrected chi connectivity index (χ4v) is 3.86.